The maximum absolute atomic E-state index is 12.3. The second-order valence-corrected chi connectivity index (χ2v) is 5.94. The maximum atomic E-state index is 12.3. The average Bonchev–Trinajstić information content (AvgIpc) is 2.68. The topological polar surface area (TPSA) is 90.8 Å². The predicted octanol–water partition coefficient (Wildman–Crippen LogP) is 4.27. The molecular formula is C20H15ClN4O2. The molecule has 0 saturated carbocycles. The first-order chi connectivity index (χ1) is 13.1. The molecule has 2 N–H and O–H groups in total. The summed E-state index contributed by atoms with van der Waals surface area (Å²) in [7, 11) is 0. The van der Waals surface area contributed by atoms with Gasteiger partial charge in [0, 0.05) is 16.3 Å². The van der Waals surface area contributed by atoms with Gasteiger partial charge in [0.05, 0.1) is 5.69 Å². The zero-order valence-corrected chi connectivity index (χ0v) is 15.0. The van der Waals surface area contributed by atoms with Crippen LogP contribution in [0.5, 0.6) is 5.75 Å². The number of rotatable bonds is 6. The highest BCUT2D eigenvalue weighted by Crippen LogP contribution is 2.24. The van der Waals surface area contributed by atoms with Crippen LogP contribution >= 0.6 is 11.6 Å². The molecule has 0 aliphatic heterocycles. The summed E-state index contributed by atoms with van der Waals surface area (Å²) >= 11 is 5.88. The second kappa shape index (κ2) is 8.21. The van der Waals surface area contributed by atoms with E-state index in [2.05, 4.69) is 21.9 Å². The minimum absolute atomic E-state index is 0.0589. The number of halogens is 1. The number of ether oxygens (including phenoxy) is 1. The Labute approximate surface area is 160 Å². The Morgan fingerprint density at radius 1 is 1.22 bits per heavy atom. The van der Waals surface area contributed by atoms with Crippen molar-refractivity contribution < 1.29 is 4.74 Å². The van der Waals surface area contributed by atoms with Crippen molar-refractivity contribution in [2.24, 2.45) is 0 Å². The molecule has 0 amide bonds. The number of nitrogens with one attached hydrogen (secondary N) is 2. The molecule has 134 valence electrons. The minimum atomic E-state index is -0.522. The lowest BCUT2D eigenvalue weighted by Gasteiger charge is -2.10. The quantitative estimate of drug-likeness (QED) is 0.625. The molecule has 0 spiro atoms. The summed E-state index contributed by atoms with van der Waals surface area (Å²) in [4.78, 5) is 19.3. The van der Waals surface area contributed by atoms with Gasteiger partial charge in [0.15, 0.2) is 0 Å². The lowest BCUT2D eigenvalue weighted by molar-refractivity contribution is 0.363. The minimum Gasteiger partial charge on any atom is -0.490 e. The van der Waals surface area contributed by atoms with E-state index in [1.165, 1.54) is 0 Å². The fraction of sp³-hybridized carbons (Fsp3) is 0.0500. The van der Waals surface area contributed by atoms with Gasteiger partial charge < -0.3 is 10.1 Å². The zero-order chi connectivity index (χ0) is 19.2. The fourth-order valence-corrected chi connectivity index (χ4v) is 2.51. The summed E-state index contributed by atoms with van der Waals surface area (Å²) in [6.45, 7) is 3.99. The number of nitrogens with zero attached hydrogens (tertiary/aromatic N) is 2. The van der Waals surface area contributed by atoms with Gasteiger partial charge in [0.1, 0.15) is 24.0 Å². The monoisotopic (exact) mass is 378 g/mol. The van der Waals surface area contributed by atoms with Crippen LogP contribution in [-0.2, 0) is 0 Å². The Hall–Kier alpha value is -3.56. The van der Waals surface area contributed by atoms with Gasteiger partial charge in [-0.25, -0.2) is 4.98 Å². The first-order valence-corrected chi connectivity index (χ1v) is 8.39. The molecule has 1 heterocycles. The van der Waals surface area contributed by atoms with Crippen molar-refractivity contribution in [3.8, 4) is 23.1 Å². The molecule has 0 atom stereocenters. The Balaban J connectivity index is 1.97. The van der Waals surface area contributed by atoms with Crippen molar-refractivity contribution in [2.75, 3.05) is 11.9 Å². The first-order valence-electron chi connectivity index (χ1n) is 8.02. The molecule has 0 aliphatic rings. The van der Waals surface area contributed by atoms with E-state index in [-0.39, 0.29) is 17.2 Å². The largest absolute Gasteiger partial charge is 0.490 e. The van der Waals surface area contributed by atoms with E-state index in [4.69, 9.17) is 16.3 Å². The van der Waals surface area contributed by atoms with E-state index in [0.29, 0.717) is 28.6 Å². The highest BCUT2D eigenvalue weighted by molar-refractivity contribution is 6.30. The van der Waals surface area contributed by atoms with E-state index in [1.54, 1.807) is 54.6 Å². The van der Waals surface area contributed by atoms with Crippen LogP contribution in [0.25, 0.3) is 11.3 Å². The summed E-state index contributed by atoms with van der Waals surface area (Å²) in [6, 6.07) is 15.8. The zero-order valence-electron chi connectivity index (χ0n) is 14.2. The normalized spacial score (nSPS) is 10.1. The van der Waals surface area contributed by atoms with Crippen LogP contribution in [0.4, 0.5) is 11.6 Å². The number of aromatic amines is 1. The molecule has 3 rings (SSSR count). The molecule has 0 aliphatic carbocycles. The molecule has 0 fully saturated rings. The third-order valence-corrected chi connectivity index (χ3v) is 3.89. The van der Waals surface area contributed by atoms with Crippen molar-refractivity contribution in [3.63, 3.8) is 0 Å². The standard InChI is InChI=1S/C20H15ClN4O2/c1-2-11-27-16-9-3-13(4-10-16)18-17(12-22)19(26)25-20(24-18)23-15-7-5-14(21)6-8-15/h2-10H,1,11H2,(H2,23,24,25,26). The summed E-state index contributed by atoms with van der Waals surface area (Å²) in [5, 5.41) is 13.0. The second-order valence-electron chi connectivity index (χ2n) is 5.51. The van der Waals surface area contributed by atoms with Gasteiger partial charge in [0.25, 0.3) is 5.56 Å². The van der Waals surface area contributed by atoms with Crippen LogP contribution < -0.4 is 15.6 Å². The number of hydrogen-bond donors (Lipinski definition) is 2. The summed E-state index contributed by atoms with van der Waals surface area (Å²) in [5.74, 6) is 0.879. The van der Waals surface area contributed by atoms with Gasteiger partial charge in [-0.05, 0) is 48.5 Å². The maximum Gasteiger partial charge on any atom is 0.270 e. The van der Waals surface area contributed by atoms with Crippen LogP contribution in [0.15, 0.2) is 66.0 Å². The molecule has 27 heavy (non-hydrogen) atoms. The number of benzene rings is 2. The molecule has 0 unspecified atom stereocenters. The number of hydrogen-bond acceptors (Lipinski definition) is 5. The Morgan fingerprint density at radius 3 is 2.56 bits per heavy atom. The van der Waals surface area contributed by atoms with Crippen LogP contribution in [0.2, 0.25) is 5.02 Å². The third-order valence-electron chi connectivity index (χ3n) is 3.63. The van der Waals surface area contributed by atoms with Crippen molar-refractivity contribution >= 4 is 23.2 Å². The Kier molecular flexibility index (Phi) is 5.55. The van der Waals surface area contributed by atoms with E-state index < -0.39 is 5.56 Å². The van der Waals surface area contributed by atoms with Gasteiger partial charge in [-0.2, -0.15) is 5.26 Å². The summed E-state index contributed by atoms with van der Waals surface area (Å²) in [6.07, 6.45) is 1.65. The number of nitriles is 1. The summed E-state index contributed by atoms with van der Waals surface area (Å²) < 4.78 is 5.44. The van der Waals surface area contributed by atoms with E-state index in [9.17, 15) is 10.1 Å². The van der Waals surface area contributed by atoms with Gasteiger partial charge in [-0.15, -0.1) is 0 Å². The first kappa shape index (κ1) is 18.2. The van der Waals surface area contributed by atoms with Crippen LogP contribution in [-0.4, -0.2) is 16.6 Å². The van der Waals surface area contributed by atoms with Crippen LogP contribution in [0.1, 0.15) is 5.56 Å². The van der Waals surface area contributed by atoms with Gasteiger partial charge in [-0.3, -0.25) is 9.78 Å². The summed E-state index contributed by atoms with van der Waals surface area (Å²) in [5.41, 5.74) is 1.03. The Bertz CT molecular complexity index is 1050. The van der Waals surface area contributed by atoms with Crippen LogP contribution in [0, 0.1) is 11.3 Å². The number of H-pyrrole nitrogens is 1. The molecule has 0 bridgehead atoms. The third kappa shape index (κ3) is 4.35. The number of anilines is 2. The van der Waals surface area contributed by atoms with Gasteiger partial charge in [-0.1, -0.05) is 24.3 Å². The smallest absolute Gasteiger partial charge is 0.270 e. The van der Waals surface area contributed by atoms with Crippen molar-refractivity contribution in [1.82, 2.24) is 9.97 Å². The molecule has 0 radical (unpaired) electrons. The van der Waals surface area contributed by atoms with Gasteiger partial charge in [0.2, 0.25) is 5.95 Å². The molecule has 0 saturated heterocycles. The molecule has 3 aromatic rings. The Morgan fingerprint density at radius 2 is 1.93 bits per heavy atom. The fourth-order valence-electron chi connectivity index (χ4n) is 2.38. The van der Waals surface area contributed by atoms with E-state index in [0.717, 1.165) is 0 Å². The van der Waals surface area contributed by atoms with Crippen molar-refractivity contribution in [1.29, 1.82) is 5.26 Å². The number of aromatic nitrogens is 2. The highest BCUT2D eigenvalue weighted by atomic mass is 35.5. The van der Waals surface area contributed by atoms with Crippen molar-refractivity contribution in [3.05, 3.63) is 82.1 Å². The van der Waals surface area contributed by atoms with Gasteiger partial charge >= 0.3 is 0 Å². The highest BCUT2D eigenvalue weighted by Gasteiger charge is 2.13. The molecule has 2 aromatic carbocycles. The molecule has 6 nitrogen and oxygen atoms in total. The lowest BCUT2D eigenvalue weighted by atomic mass is 10.1. The van der Waals surface area contributed by atoms with Crippen molar-refractivity contribution in [2.45, 2.75) is 0 Å². The van der Waals surface area contributed by atoms with E-state index in [1.807, 2.05) is 6.07 Å². The van der Waals surface area contributed by atoms with Crippen LogP contribution in [0.3, 0.4) is 0 Å². The molecule has 7 heteroatoms. The molecule has 1 aromatic heterocycles. The average molecular weight is 379 g/mol. The molecular weight excluding hydrogens is 364 g/mol. The predicted molar refractivity (Wildman–Crippen MR) is 105 cm³/mol. The SMILES string of the molecule is C=CCOc1ccc(-c2nc(Nc3ccc(Cl)cc3)[nH]c(=O)c2C#N)cc1. The lowest BCUT2D eigenvalue weighted by Crippen LogP contribution is -2.16. The van der Waals surface area contributed by atoms with E-state index >= 15 is 0 Å².